The summed E-state index contributed by atoms with van der Waals surface area (Å²) >= 11 is 0. The van der Waals surface area contributed by atoms with Crippen LogP contribution >= 0.6 is 0 Å². The Labute approximate surface area is 144 Å². The lowest BCUT2D eigenvalue weighted by Gasteiger charge is -2.38. The molecule has 0 heteroatoms. The van der Waals surface area contributed by atoms with E-state index in [0.717, 1.165) is 12.8 Å². The van der Waals surface area contributed by atoms with Crippen molar-refractivity contribution in [3.8, 4) is 0 Å². The SMILES string of the molecule is C=C(/C=C1/CC/C(=C/C(=C)C(C)(C)C)C(C)(C)C1=C)C(C)(C)C. The van der Waals surface area contributed by atoms with Crippen LogP contribution in [0.1, 0.15) is 68.2 Å². The monoisotopic (exact) mass is 312 g/mol. The highest BCUT2D eigenvalue weighted by Crippen LogP contribution is 2.48. The van der Waals surface area contributed by atoms with Crippen molar-refractivity contribution < 1.29 is 0 Å². The Kier molecular flexibility index (Phi) is 5.41. The van der Waals surface area contributed by atoms with Crippen LogP contribution in [0.4, 0.5) is 0 Å². The van der Waals surface area contributed by atoms with Crippen molar-refractivity contribution in [2.45, 2.75) is 68.2 Å². The molecule has 0 saturated heterocycles. The summed E-state index contributed by atoms with van der Waals surface area (Å²) < 4.78 is 0. The average Bonchev–Trinajstić information content (AvgIpc) is 2.36. The van der Waals surface area contributed by atoms with Gasteiger partial charge in [0.1, 0.15) is 0 Å². The second kappa shape index (κ2) is 6.30. The Hall–Kier alpha value is -1.30. The highest BCUT2D eigenvalue weighted by molar-refractivity contribution is 5.48. The molecule has 0 heterocycles. The lowest BCUT2D eigenvalue weighted by Crippen LogP contribution is -2.25. The first-order valence-corrected chi connectivity index (χ1v) is 8.67. The fourth-order valence-corrected chi connectivity index (χ4v) is 2.59. The highest BCUT2D eigenvalue weighted by Gasteiger charge is 2.33. The quantitative estimate of drug-likeness (QED) is 0.497. The highest BCUT2D eigenvalue weighted by atomic mass is 14.4. The van der Waals surface area contributed by atoms with Crippen LogP contribution in [0, 0.1) is 16.2 Å². The predicted molar refractivity (Wildman–Crippen MR) is 106 cm³/mol. The van der Waals surface area contributed by atoms with Gasteiger partial charge in [0.25, 0.3) is 0 Å². The minimum atomic E-state index is -0.0174. The van der Waals surface area contributed by atoms with Gasteiger partial charge in [-0.25, -0.2) is 0 Å². The Morgan fingerprint density at radius 1 is 0.870 bits per heavy atom. The Balaban J connectivity index is 3.14. The molecule has 0 aromatic carbocycles. The minimum absolute atomic E-state index is 0.0174. The molecule has 0 spiro atoms. The van der Waals surface area contributed by atoms with Gasteiger partial charge in [0.05, 0.1) is 0 Å². The maximum absolute atomic E-state index is 4.42. The van der Waals surface area contributed by atoms with E-state index in [1.54, 1.807) is 0 Å². The van der Waals surface area contributed by atoms with E-state index in [0.29, 0.717) is 0 Å². The fraction of sp³-hybridized carbons (Fsp3) is 0.565. The molecule has 0 bridgehead atoms. The van der Waals surface area contributed by atoms with Crippen LogP contribution in [0.5, 0.6) is 0 Å². The molecule has 0 aliphatic heterocycles. The van der Waals surface area contributed by atoms with E-state index in [2.05, 4.69) is 87.3 Å². The van der Waals surface area contributed by atoms with Crippen molar-refractivity contribution in [3.05, 3.63) is 59.8 Å². The van der Waals surface area contributed by atoms with Gasteiger partial charge >= 0.3 is 0 Å². The molecule has 0 nitrogen and oxygen atoms in total. The second-order valence-corrected chi connectivity index (χ2v) is 9.49. The standard InChI is InChI=1S/C23H36/c1-16(21(4,5)6)14-19-12-13-20(23(10,11)18(19)3)15-17(2)22(7,8)9/h14-15H,1-3,12-13H2,4-11H3/b19-14-,20-15-. The van der Waals surface area contributed by atoms with Crippen LogP contribution < -0.4 is 0 Å². The van der Waals surface area contributed by atoms with Crippen LogP contribution in [-0.2, 0) is 0 Å². The molecule has 1 aliphatic rings. The summed E-state index contributed by atoms with van der Waals surface area (Å²) in [6.45, 7) is 30.8. The summed E-state index contributed by atoms with van der Waals surface area (Å²) in [5.41, 5.74) is 6.60. The van der Waals surface area contributed by atoms with Crippen LogP contribution in [0.3, 0.4) is 0 Å². The molecule has 128 valence electrons. The first-order chi connectivity index (χ1) is 10.2. The third kappa shape index (κ3) is 4.59. The van der Waals surface area contributed by atoms with Gasteiger partial charge in [0.15, 0.2) is 0 Å². The van der Waals surface area contributed by atoms with Crippen molar-refractivity contribution in [3.63, 3.8) is 0 Å². The van der Waals surface area contributed by atoms with Gasteiger partial charge < -0.3 is 0 Å². The molecule has 0 unspecified atom stereocenters. The van der Waals surface area contributed by atoms with Crippen molar-refractivity contribution >= 4 is 0 Å². The first-order valence-electron chi connectivity index (χ1n) is 8.67. The maximum Gasteiger partial charge on any atom is 0.0105 e. The molecule has 0 N–H and O–H groups in total. The normalized spacial score (nSPS) is 22.5. The van der Waals surface area contributed by atoms with Crippen LogP contribution in [0.2, 0.25) is 0 Å². The lowest BCUT2D eigenvalue weighted by atomic mass is 9.66. The smallest absolute Gasteiger partial charge is 0.0105 e. The van der Waals surface area contributed by atoms with Gasteiger partial charge in [0.2, 0.25) is 0 Å². The van der Waals surface area contributed by atoms with E-state index in [9.17, 15) is 0 Å². The van der Waals surface area contributed by atoms with Crippen molar-refractivity contribution in [1.29, 1.82) is 0 Å². The van der Waals surface area contributed by atoms with Gasteiger partial charge in [-0.1, -0.05) is 92.9 Å². The molecule has 0 amide bonds. The fourth-order valence-electron chi connectivity index (χ4n) is 2.59. The molecule has 1 fully saturated rings. The summed E-state index contributed by atoms with van der Waals surface area (Å²) in [5, 5.41) is 0. The van der Waals surface area contributed by atoms with E-state index in [1.165, 1.54) is 27.9 Å². The summed E-state index contributed by atoms with van der Waals surface area (Å²) in [6.07, 6.45) is 6.69. The zero-order chi connectivity index (χ0) is 18.2. The summed E-state index contributed by atoms with van der Waals surface area (Å²) in [4.78, 5) is 0. The second-order valence-electron chi connectivity index (χ2n) is 9.49. The molecule has 1 aliphatic carbocycles. The van der Waals surface area contributed by atoms with Gasteiger partial charge in [-0.15, -0.1) is 0 Å². The Bertz CT molecular complexity index is 575. The van der Waals surface area contributed by atoms with E-state index < -0.39 is 0 Å². The number of hydrogen-bond donors (Lipinski definition) is 0. The van der Waals surface area contributed by atoms with Crippen LogP contribution in [-0.4, -0.2) is 0 Å². The Morgan fingerprint density at radius 2 is 1.30 bits per heavy atom. The third-order valence-corrected chi connectivity index (χ3v) is 5.23. The Morgan fingerprint density at radius 3 is 1.74 bits per heavy atom. The van der Waals surface area contributed by atoms with Gasteiger partial charge in [-0.2, -0.15) is 0 Å². The zero-order valence-corrected chi connectivity index (χ0v) is 16.7. The van der Waals surface area contributed by atoms with Crippen molar-refractivity contribution in [2.75, 3.05) is 0 Å². The van der Waals surface area contributed by atoms with E-state index in [1.807, 2.05) is 0 Å². The van der Waals surface area contributed by atoms with Gasteiger partial charge in [0, 0.05) is 5.41 Å². The third-order valence-electron chi connectivity index (χ3n) is 5.23. The summed E-state index contributed by atoms with van der Waals surface area (Å²) in [5.74, 6) is 0. The minimum Gasteiger partial charge on any atom is -0.0953 e. The van der Waals surface area contributed by atoms with E-state index in [4.69, 9.17) is 0 Å². The molecule has 0 aromatic rings. The molecule has 1 saturated carbocycles. The molecule has 0 radical (unpaired) electrons. The number of rotatable bonds is 2. The predicted octanol–water partition coefficient (Wildman–Crippen LogP) is 7.42. The van der Waals surface area contributed by atoms with Crippen LogP contribution in [0.25, 0.3) is 0 Å². The lowest BCUT2D eigenvalue weighted by molar-refractivity contribution is 0.477. The maximum atomic E-state index is 4.42. The molecule has 0 atom stereocenters. The van der Waals surface area contributed by atoms with E-state index in [-0.39, 0.29) is 16.2 Å². The van der Waals surface area contributed by atoms with Crippen molar-refractivity contribution in [1.82, 2.24) is 0 Å². The average molecular weight is 313 g/mol. The van der Waals surface area contributed by atoms with Crippen LogP contribution in [0.15, 0.2) is 59.8 Å². The van der Waals surface area contributed by atoms with E-state index >= 15 is 0 Å². The molecular formula is C23H36. The molecule has 0 aromatic heterocycles. The summed E-state index contributed by atoms with van der Waals surface area (Å²) in [6, 6.07) is 0. The van der Waals surface area contributed by atoms with Gasteiger partial charge in [-0.05, 0) is 46.0 Å². The number of allylic oxidation sites excluding steroid dienone is 7. The zero-order valence-electron chi connectivity index (χ0n) is 16.7. The molecule has 1 rings (SSSR count). The molecule has 23 heavy (non-hydrogen) atoms. The largest absolute Gasteiger partial charge is 0.0953 e. The summed E-state index contributed by atoms with van der Waals surface area (Å²) in [7, 11) is 0. The molecular weight excluding hydrogens is 276 g/mol. The topological polar surface area (TPSA) is 0 Å². The van der Waals surface area contributed by atoms with Gasteiger partial charge in [-0.3, -0.25) is 0 Å². The first kappa shape index (κ1) is 19.7. The number of hydrogen-bond acceptors (Lipinski definition) is 0. The van der Waals surface area contributed by atoms with Crippen molar-refractivity contribution in [2.24, 2.45) is 16.2 Å².